The number of hydrogen-bond acceptors (Lipinski definition) is 3. The van der Waals surface area contributed by atoms with E-state index in [0.29, 0.717) is 12.8 Å². The van der Waals surface area contributed by atoms with E-state index >= 15 is 0 Å². The van der Waals surface area contributed by atoms with Gasteiger partial charge in [-0.2, -0.15) is 0 Å². The van der Waals surface area contributed by atoms with Gasteiger partial charge in [0.2, 0.25) is 0 Å². The number of likely N-dealkylation sites (tertiary alicyclic amines) is 1. The third-order valence-corrected chi connectivity index (χ3v) is 6.71. The van der Waals surface area contributed by atoms with E-state index in [-0.39, 0.29) is 12.0 Å². The van der Waals surface area contributed by atoms with Gasteiger partial charge in [-0.1, -0.05) is 34.1 Å². The maximum atomic E-state index is 11.2. The molecule has 1 N–H and O–H groups in total. The van der Waals surface area contributed by atoms with Gasteiger partial charge >= 0.3 is 5.97 Å². The summed E-state index contributed by atoms with van der Waals surface area (Å²) in [5.74, 6) is -0.873. The number of nitrogens with zero attached hydrogens (tertiary/aromatic N) is 1. The molecule has 23 heavy (non-hydrogen) atoms. The van der Waals surface area contributed by atoms with Crippen LogP contribution < -0.4 is 0 Å². The Kier molecular flexibility index (Phi) is 5.57. The zero-order valence-electron chi connectivity index (χ0n) is 12.4. The van der Waals surface area contributed by atoms with Gasteiger partial charge in [-0.3, -0.25) is 9.69 Å². The van der Waals surface area contributed by atoms with E-state index in [9.17, 15) is 9.90 Å². The molecular formula is C17H17Br2NO2S. The van der Waals surface area contributed by atoms with Crippen molar-refractivity contribution >= 4 is 49.2 Å². The lowest BCUT2D eigenvalue weighted by Gasteiger charge is -2.36. The van der Waals surface area contributed by atoms with Crippen molar-refractivity contribution in [2.45, 2.75) is 18.9 Å². The molecule has 2 heterocycles. The number of hydrogen-bond donors (Lipinski definition) is 1. The van der Waals surface area contributed by atoms with Crippen LogP contribution in [0.4, 0.5) is 0 Å². The van der Waals surface area contributed by atoms with Crippen LogP contribution in [-0.4, -0.2) is 29.1 Å². The highest BCUT2D eigenvalue weighted by Gasteiger charge is 2.31. The van der Waals surface area contributed by atoms with Crippen LogP contribution in [0.1, 0.15) is 29.3 Å². The lowest BCUT2D eigenvalue weighted by Crippen LogP contribution is -2.39. The molecule has 1 atom stereocenters. The largest absolute Gasteiger partial charge is 0.481 e. The number of aliphatic carboxylic acids is 1. The minimum Gasteiger partial charge on any atom is -0.481 e. The van der Waals surface area contributed by atoms with Crippen LogP contribution >= 0.6 is 43.2 Å². The SMILES string of the molecule is O=C(O)C1CCN(C(c2ccc(Br)s2)c2ccccc2Br)CC1. The number of benzene rings is 1. The van der Waals surface area contributed by atoms with Gasteiger partial charge in [-0.15, -0.1) is 11.3 Å². The fraction of sp³-hybridized carbons (Fsp3) is 0.353. The molecule has 1 fully saturated rings. The number of rotatable bonds is 4. The highest BCUT2D eigenvalue weighted by molar-refractivity contribution is 9.11. The van der Waals surface area contributed by atoms with Gasteiger partial charge < -0.3 is 5.11 Å². The lowest BCUT2D eigenvalue weighted by atomic mass is 9.94. The van der Waals surface area contributed by atoms with Gasteiger partial charge in [0.1, 0.15) is 0 Å². The Morgan fingerprint density at radius 3 is 2.43 bits per heavy atom. The quantitative estimate of drug-likeness (QED) is 0.687. The normalized spacial score (nSPS) is 18.0. The number of halogens is 2. The number of thiophene rings is 1. The zero-order chi connectivity index (χ0) is 16.4. The first-order chi connectivity index (χ1) is 11.1. The number of piperidine rings is 1. The smallest absolute Gasteiger partial charge is 0.306 e. The minimum absolute atomic E-state index is 0.164. The van der Waals surface area contributed by atoms with Crippen molar-refractivity contribution in [3.63, 3.8) is 0 Å². The molecule has 0 spiro atoms. The summed E-state index contributed by atoms with van der Waals surface area (Å²) in [6, 6.07) is 12.7. The van der Waals surface area contributed by atoms with E-state index in [1.165, 1.54) is 10.4 Å². The molecule has 2 aromatic rings. The Balaban J connectivity index is 1.91. The predicted octanol–water partition coefficient (Wildman–Crippen LogP) is 5.16. The van der Waals surface area contributed by atoms with E-state index in [0.717, 1.165) is 21.3 Å². The van der Waals surface area contributed by atoms with Crippen molar-refractivity contribution in [1.82, 2.24) is 4.90 Å². The molecule has 122 valence electrons. The first kappa shape index (κ1) is 17.1. The maximum absolute atomic E-state index is 11.2. The van der Waals surface area contributed by atoms with Gasteiger partial charge in [-0.25, -0.2) is 0 Å². The molecule has 0 bridgehead atoms. The Morgan fingerprint density at radius 1 is 1.17 bits per heavy atom. The van der Waals surface area contributed by atoms with E-state index < -0.39 is 5.97 Å². The first-order valence-electron chi connectivity index (χ1n) is 7.53. The van der Waals surface area contributed by atoms with Gasteiger partial charge in [0.25, 0.3) is 0 Å². The van der Waals surface area contributed by atoms with Gasteiger partial charge in [-0.05, 0) is 65.6 Å². The third-order valence-electron chi connectivity index (χ3n) is 4.31. The fourth-order valence-corrected chi connectivity index (χ4v) is 5.19. The number of carboxylic acid groups (broad SMARTS) is 1. The average molecular weight is 459 g/mol. The number of carboxylic acids is 1. The maximum Gasteiger partial charge on any atom is 0.306 e. The van der Waals surface area contributed by atoms with Crippen molar-refractivity contribution in [3.8, 4) is 0 Å². The summed E-state index contributed by atoms with van der Waals surface area (Å²) in [6.07, 6.45) is 1.42. The molecule has 0 amide bonds. The van der Waals surface area contributed by atoms with Gasteiger partial charge in [0.15, 0.2) is 0 Å². The molecule has 3 nitrogen and oxygen atoms in total. The molecule has 6 heteroatoms. The van der Waals surface area contributed by atoms with Crippen LogP contribution in [0.15, 0.2) is 44.7 Å². The Labute approximate surface area is 156 Å². The van der Waals surface area contributed by atoms with Crippen LogP contribution in [0.25, 0.3) is 0 Å². The standard InChI is InChI=1S/C17H17Br2NO2S/c18-13-4-2-1-3-12(13)16(14-5-6-15(19)23-14)20-9-7-11(8-10-20)17(21)22/h1-6,11,16H,7-10H2,(H,21,22). The molecule has 0 radical (unpaired) electrons. The predicted molar refractivity (Wildman–Crippen MR) is 99.9 cm³/mol. The lowest BCUT2D eigenvalue weighted by molar-refractivity contribution is -0.143. The Hall–Kier alpha value is -0.690. The molecule has 1 aliphatic rings. The summed E-state index contributed by atoms with van der Waals surface area (Å²) in [7, 11) is 0. The number of carbonyl (C=O) groups is 1. The van der Waals surface area contributed by atoms with Gasteiger partial charge in [0.05, 0.1) is 15.7 Å². The molecule has 1 aromatic heterocycles. The fourth-order valence-electron chi connectivity index (χ4n) is 3.11. The second-order valence-corrected chi connectivity index (χ2v) is 9.06. The summed E-state index contributed by atoms with van der Waals surface area (Å²) in [6.45, 7) is 1.61. The topological polar surface area (TPSA) is 40.5 Å². The highest BCUT2D eigenvalue weighted by atomic mass is 79.9. The van der Waals surface area contributed by atoms with E-state index in [4.69, 9.17) is 0 Å². The van der Waals surface area contributed by atoms with E-state index in [1.807, 2.05) is 6.07 Å². The Bertz CT molecular complexity index is 695. The molecule has 0 saturated carbocycles. The van der Waals surface area contributed by atoms with E-state index in [2.05, 4.69) is 67.1 Å². The first-order valence-corrected chi connectivity index (χ1v) is 9.93. The van der Waals surface area contributed by atoms with Crippen molar-refractivity contribution in [2.24, 2.45) is 5.92 Å². The van der Waals surface area contributed by atoms with Crippen LogP contribution in [0, 0.1) is 5.92 Å². The molecule has 1 aromatic carbocycles. The van der Waals surface area contributed by atoms with E-state index in [1.54, 1.807) is 11.3 Å². The molecule has 1 unspecified atom stereocenters. The molecule has 1 aliphatic heterocycles. The van der Waals surface area contributed by atoms with Crippen molar-refractivity contribution in [1.29, 1.82) is 0 Å². The second kappa shape index (κ2) is 7.47. The van der Waals surface area contributed by atoms with Crippen LogP contribution in [0.3, 0.4) is 0 Å². The third kappa shape index (κ3) is 3.87. The summed E-state index contributed by atoms with van der Waals surface area (Å²) in [5, 5.41) is 9.21. The molecule has 0 aliphatic carbocycles. The Morgan fingerprint density at radius 2 is 1.87 bits per heavy atom. The molecular weight excluding hydrogens is 442 g/mol. The summed E-state index contributed by atoms with van der Waals surface area (Å²) in [4.78, 5) is 14.9. The van der Waals surface area contributed by atoms with Gasteiger partial charge in [0, 0.05) is 9.35 Å². The second-order valence-electron chi connectivity index (χ2n) is 5.71. The van der Waals surface area contributed by atoms with Crippen molar-refractivity contribution in [2.75, 3.05) is 13.1 Å². The van der Waals surface area contributed by atoms with Crippen LogP contribution in [0.2, 0.25) is 0 Å². The summed E-state index contributed by atoms with van der Waals surface area (Å²) >= 11 is 8.97. The molecule has 3 rings (SSSR count). The average Bonchev–Trinajstić information content (AvgIpc) is 2.96. The highest BCUT2D eigenvalue weighted by Crippen LogP contribution is 2.39. The summed E-state index contributed by atoms with van der Waals surface area (Å²) in [5.41, 5.74) is 1.23. The minimum atomic E-state index is -0.666. The van der Waals surface area contributed by atoms with Crippen LogP contribution in [0.5, 0.6) is 0 Å². The van der Waals surface area contributed by atoms with Crippen molar-refractivity contribution in [3.05, 3.63) is 55.1 Å². The monoisotopic (exact) mass is 457 g/mol. The summed E-state index contributed by atoms with van der Waals surface area (Å²) < 4.78 is 2.21. The molecule has 1 saturated heterocycles. The van der Waals surface area contributed by atoms with Crippen molar-refractivity contribution < 1.29 is 9.90 Å². The zero-order valence-corrected chi connectivity index (χ0v) is 16.4. The van der Waals surface area contributed by atoms with Crippen LogP contribution in [-0.2, 0) is 4.79 Å².